The molecule has 0 fully saturated rings. The number of hydrogen-bond donors (Lipinski definition) is 2. The van der Waals surface area contributed by atoms with E-state index in [4.69, 9.17) is 11.1 Å². The molecule has 0 aliphatic heterocycles. The zero-order chi connectivity index (χ0) is 38.1. The highest BCUT2D eigenvalue weighted by Crippen LogP contribution is 2.51. The first-order valence-electron chi connectivity index (χ1n) is 18.5. The summed E-state index contributed by atoms with van der Waals surface area (Å²) in [6, 6.07) is 60.5. The minimum atomic E-state index is -0.214. The Balaban J connectivity index is 0.000000211. The van der Waals surface area contributed by atoms with Crippen LogP contribution >= 0.6 is 0 Å². The lowest BCUT2D eigenvalue weighted by Crippen LogP contribution is -2.16. The Bertz CT molecular complexity index is 2810. The number of benzene rings is 8. The Morgan fingerprint density at radius 2 is 1.13 bits per heavy atom. The molecule has 3 N–H and O–H groups in total. The highest BCUT2D eigenvalue weighted by Gasteiger charge is 2.37. The molecule has 4 heteroatoms. The summed E-state index contributed by atoms with van der Waals surface area (Å²) in [6.07, 6.45) is 0. The molecule has 8 aromatic carbocycles. The topological polar surface area (TPSA) is 86.0 Å². The van der Waals surface area contributed by atoms with E-state index < -0.39 is 0 Å². The Kier molecular flexibility index (Phi) is 9.14. The molecule has 4 nitrogen and oxygen atoms in total. The molecule has 0 heterocycles. The van der Waals surface area contributed by atoms with Gasteiger partial charge in [0.05, 0.1) is 11.6 Å². The predicted octanol–water partition coefficient (Wildman–Crippen LogP) is 12.2. The van der Waals surface area contributed by atoms with Crippen LogP contribution in [-0.4, -0.2) is 11.7 Å². The number of hydrogen-bond acceptors (Lipinski definition) is 2. The highest BCUT2D eigenvalue weighted by molar-refractivity contribution is 6.16. The van der Waals surface area contributed by atoms with Gasteiger partial charge in [0.1, 0.15) is 5.84 Å². The first-order chi connectivity index (χ1) is 26.8. The van der Waals surface area contributed by atoms with E-state index in [2.05, 4.69) is 129 Å². The van der Waals surface area contributed by atoms with Crippen LogP contribution in [0.2, 0.25) is 0 Å². The van der Waals surface area contributed by atoms with Crippen LogP contribution < -0.4 is 5.73 Å². The second-order valence-corrected chi connectivity index (χ2v) is 14.5. The molecular formula is C51H40N4. The van der Waals surface area contributed by atoms with Crippen LogP contribution in [0.4, 0.5) is 0 Å². The predicted molar refractivity (Wildman–Crippen MR) is 230 cm³/mol. The van der Waals surface area contributed by atoms with E-state index in [0.717, 1.165) is 22.3 Å². The zero-order valence-electron chi connectivity index (χ0n) is 31.1. The van der Waals surface area contributed by atoms with Crippen molar-refractivity contribution in [1.29, 1.82) is 10.7 Å². The fourth-order valence-electron chi connectivity index (χ4n) is 8.13. The molecular weight excluding hydrogens is 669 g/mol. The van der Waals surface area contributed by atoms with Crippen LogP contribution in [0.1, 0.15) is 47.2 Å². The first kappa shape index (κ1) is 35.0. The largest absolute Gasteiger partial charge is 0.383 e. The van der Waals surface area contributed by atoms with E-state index in [1.54, 1.807) is 0 Å². The Morgan fingerprint density at radius 1 is 0.582 bits per heavy atom. The van der Waals surface area contributed by atoms with Crippen molar-refractivity contribution in [1.82, 2.24) is 0 Å². The molecule has 0 atom stereocenters. The van der Waals surface area contributed by atoms with Gasteiger partial charge in [-0.25, -0.2) is 4.99 Å². The summed E-state index contributed by atoms with van der Waals surface area (Å²) >= 11 is 0. The number of rotatable bonds is 4. The van der Waals surface area contributed by atoms with Gasteiger partial charge in [-0.3, -0.25) is 5.41 Å². The molecule has 9 rings (SSSR count). The maximum Gasteiger partial charge on any atom is 0.154 e. The molecule has 0 bridgehead atoms. The normalized spacial score (nSPS) is 12.7. The van der Waals surface area contributed by atoms with Crippen molar-refractivity contribution in [3.8, 4) is 39.4 Å². The van der Waals surface area contributed by atoms with Gasteiger partial charge >= 0.3 is 0 Å². The molecule has 264 valence electrons. The quantitative estimate of drug-likeness (QED) is 0.108. The summed E-state index contributed by atoms with van der Waals surface area (Å²) in [4.78, 5) is 4.10. The van der Waals surface area contributed by atoms with Crippen LogP contribution in [0.25, 0.3) is 54.9 Å². The van der Waals surface area contributed by atoms with Crippen LogP contribution in [0.3, 0.4) is 0 Å². The minimum Gasteiger partial charge on any atom is -0.383 e. The van der Waals surface area contributed by atoms with E-state index in [9.17, 15) is 5.26 Å². The molecule has 0 amide bonds. The monoisotopic (exact) mass is 708 g/mol. The van der Waals surface area contributed by atoms with Gasteiger partial charge in [-0.2, -0.15) is 5.26 Å². The van der Waals surface area contributed by atoms with Gasteiger partial charge in [0, 0.05) is 16.5 Å². The minimum absolute atomic E-state index is 0.173. The van der Waals surface area contributed by atoms with Crippen LogP contribution in [0.15, 0.2) is 175 Å². The average Bonchev–Trinajstić information content (AvgIpc) is 3.47. The van der Waals surface area contributed by atoms with E-state index in [0.29, 0.717) is 5.84 Å². The number of fused-ring (bicyclic) bond motifs is 6. The van der Waals surface area contributed by atoms with Crippen molar-refractivity contribution in [3.05, 3.63) is 203 Å². The standard InChI is InChI=1S/C37H27N.C14H13N3/c1-23-28-10-4-5-11-29(28)30-12-6-7-13-32(30)35(23)25-17-15-24(16-18-25)26-19-20-31-33-14-8-9-27(22-38)36(33)37(2,3)34(31)21-26;15-13(11-7-3-1-4-8-11)17-14(16)12-9-5-2-6-10-12/h4-21H,1-3H3;1-10H,(H3,15,16,17). The number of nitrogens with one attached hydrogen (secondary N) is 1. The first-order valence-corrected chi connectivity index (χ1v) is 18.5. The Labute approximate surface area is 322 Å². The van der Waals surface area contributed by atoms with Crippen molar-refractivity contribution in [2.75, 3.05) is 0 Å². The Morgan fingerprint density at radius 3 is 1.78 bits per heavy atom. The lowest BCUT2D eigenvalue weighted by Gasteiger charge is -2.23. The van der Waals surface area contributed by atoms with Crippen molar-refractivity contribution in [3.63, 3.8) is 0 Å². The number of aryl methyl sites for hydroxylation is 1. The number of aliphatic imine (C=N–C) groups is 1. The third kappa shape index (κ3) is 6.37. The van der Waals surface area contributed by atoms with Crippen molar-refractivity contribution >= 4 is 33.2 Å². The van der Waals surface area contributed by atoms with E-state index in [-0.39, 0.29) is 11.3 Å². The molecule has 1 aliphatic carbocycles. The summed E-state index contributed by atoms with van der Waals surface area (Å²) in [5.41, 5.74) is 19.1. The van der Waals surface area contributed by atoms with Gasteiger partial charge < -0.3 is 5.73 Å². The SMILES string of the molecule is Cc1c(-c2ccc(-c3ccc4c(c3)C(C)(C)c3c(C#N)cccc3-4)cc2)c2ccccc2c2ccccc12.N=C(N=C(N)c1ccccc1)c1ccccc1. The second kappa shape index (κ2) is 14.4. The van der Waals surface area contributed by atoms with E-state index >= 15 is 0 Å². The van der Waals surface area contributed by atoms with Gasteiger partial charge in [0.15, 0.2) is 5.84 Å². The number of nitriles is 1. The molecule has 1 aliphatic rings. The number of nitrogens with two attached hydrogens (primary N) is 1. The van der Waals surface area contributed by atoms with Crippen molar-refractivity contribution in [2.24, 2.45) is 10.7 Å². The van der Waals surface area contributed by atoms with Gasteiger partial charge in [-0.05, 0) is 90.7 Å². The molecule has 0 saturated carbocycles. The lowest BCUT2D eigenvalue weighted by atomic mass is 9.79. The highest BCUT2D eigenvalue weighted by atomic mass is 14.9. The van der Waals surface area contributed by atoms with E-state index in [1.807, 2.05) is 72.8 Å². The molecule has 0 saturated heterocycles. The van der Waals surface area contributed by atoms with Crippen LogP contribution in [0.5, 0.6) is 0 Å². The van der Waals surface area contributed by atoms with E-state index in [1.165, 1.54) is 66.1 Å². The molecule has 55 heavy (non-hydrogen) atoms. The molecule has 0 radical (unpaired) electrons. The van der Waals surface area contributed by atoms with Gasteiger partial charge in [-0.1, -0.05) is 172 Å². The third-order valence-corrected chi connectivity index (χ3v) is 10.8. The third-order valence-electron chi connectivity index (χ3n) is 10.8. The van der Waals surface area contributed by atoms with Gasteiger partial charge in [-0.15, -0.1) is 0 Å². The molecule has 0 spiro atoms. The fraction of sp³-hybridized carbons (Fsp3) is 0.0784. The maximum atomic E-state index is 9.76. The smallest absolute Gasteiger partial charge is 0.154 e. The number of nitrogens with zero attached hydrogens (tertiary/aromatic N) is 2. The zero-order valence-corrected chi connectivity index (χ0v) is 31.1. The maximum absolute atomic E-state index is 9.76. The fourth-order valence-corrected chi connectivity index (χ4v) is 8.13. The summed E-state index contributed by atoms with van der Waals surface area (Å²) in [6.45, 7) is 6.71. The van der Waals surface area contributed by atoms with Crippen molar-refractivity contribution in [2.45, 2.75) is 26.2 Å². The summed E-state index contributed by atoms with van der Waals surface area (Å²) in [5, 5.41) is 22.8. The second-order valence-electron chi connectivity index (χ2n) is 14.5. The van der Waals surface area contributed by atoms with Crippen LogP contribution in [0, 0.1) is 23.7 Å². The van der Waals surface area contributed by atoms with Crippen molar-refractivity contribution < 1.29 is 0 Å². The Hall–Kier alpha value is -7.09. The molecule has 0 unspecified atom stereocenters. The van der Waals surface area contributed by atoms with Crippen LogP contribution in [-0.2, 0) is 5.41 Å². The molecule has 8 aromatic rings. The van der Waals surface area contributed by atoms with Gasteiger partial charge in [0.25, 0.3) is 0 Å². The summed E-state index contributed by atoms with van der Waals surface area (Å²) in [7, 11) is 0. The molecule has 0 aromatic heterocycles. The van der Waals surface area contributed by atoms with Gasteiger partial charge in [0.2, 0.25) is 0 Å². The number of amidine groups is 2. The summed E-state index contributed by atoms with van der Waals surface area (Å²) < 4.78 is 0. The lowest BCUT2D eigenvalue weighted by molar-refractivity contribution is 0.658. The average molecular weight is 709 g/mol. The summed E-state index contributed by atoms with van der Waals surface area (Å²) in [5.74, 6) is 0.534.